The van der Waals surface area contributed by atoms with E-state index < -0.39 is 12.2 Å². The van der Waals surface area contributed by atoms with Gasteiger partial charge in [-0.3, -0.25) is 4.79 Å². The van der Waals surface area contributed by atoms with E-state index in [9.17, 15) is 13.6 Å². The van der Waals surface area contributed by atoms with Gasteiger partial charge in [-0.1, -0.05) is 44.0 Å². The summed E-state index contributed by atoms with van der Waals surface area (Å²) in [5.41, 5.74) is 1.19. The zero-order chi connectivity index (χ0) is 12.0. The van der Waals surface area contributed by atoms with Crippen LogP contribution in [0.3, 0.4) is 0 Å². The van der Waals surface area contributed by atoms with Crippen molar-refractivity contribution >= 4 is 5.78 Å². The number of carbonyl (C=O) groups excluding carboxylic acids is 1. The summed E-state index contributed by atoms with van der Waals surface area (Å²) in [6, 6.07) is 6.47. The summed E-state index contributed by atoms with van der Waals surface area (Å²) in [5.74, 6) is -1.10. The highest BCUT2D eigenvalue weighted by molar-refractivity contribution is 5.98. The monoisotopic (exact) mass is 226 g/mol. The molecule has 1 nitrogen and oxygen atoms in total. The molecule has 0 unspecified atom stereocenters. The predicted molar refractivity (Wildman–Crippen MR) is 60.0 cm³/mol. The second-order valence-electron chi connectivity index (χ2n) is 3.82. The number of Topliss-reactive ketones (excluding diaryl/α,β-unsaturated/α-hetero) is 1. The lowest BCUT2D eigenvalue weighted by Crippen LogP contribution is -2.09. The van der Waals surface area contributed by atoms with Crippen LogP contribution in [0, 0.1) is 0 Å². The Morgan fingerprint density at radius 3 is 2.31 bits per heavy atom. The molecule has 88 valence electrons. The zero-order valence-corrected chi connectivity index (χ0v) is 9.38. The largest absolute Gasteiger partial charge is 0.300 e. The summed E-state index contributed by atoms with van der Waals surface area (Å²) in [6.45, 7) is 2.13. The van der Waals surface area contributed by atoms with E-state index in [1.807, 2.05) is 0 Å². The summed E-state index contributed by atoms with van der Waals surface area (Å²) in [6.07, 6.45) is 1.45. The molecule has 0 aliphatic rings. The fourth-order valence-corrected chi connectivity index (χ4v) is 1.54. The van der Waals surface area contributed by atoms with Gasteiger partial charge in [0.15, 0.2) is 0 Å². The number of ketones is 1. The van der Waals surface area contributed by atoms with Gasteiger partial charge in [-0.25, -0.2) is 8.78 Å². The molecule has 3 heteroatoms. The van der Waals surface area contributed by atoms with Crippen molar-refractivity contribution < 1.29 is 13.6 Å². The van der Waals surface area contributed by atoms with Gasteiger partial charge in [0.05, 0.1) is 0 Å². The van der Waals surface area contributed by atoms with E-state index in [-0.39, 0.29) is 5.56 Å². The molecule has 0 aliphatic carbocycles. The topological polar surface area (TPSA) is 17.1 Å². The number of benzene rings is 1. The van der Waals surface area contributed by atoms with E-state index in [0.717, 1.165) is 31.2 Å². The summed E-state index contributed by atoms with van der Waals surface area (Å²) in [4.78, 5) is 11.0. The highest BCUT2D eigenvalue weighted by atomic mass is 19.3. The van der Waals surface area contributed by atoms with Gasteiger partial charge >= 0.3 is 6.43 Å². The van der Waals surface area contributed by atoms with Crippen LogP contribution in [0.2, 0.25) is 0 Å². The molecular formula is C13H16F2O. The highest BCUT2D eigenvalue weighted by Gasteiger charge is 2.16. The third-order valence-corrected chi connectivity index (χ3v) is 2.51. The van der Waals surface area contributed by atoms with Crippen molar-refractivity contribution in [3.8, 4) is 0 Å². The molecule has 1 rings (SSSR count). The van der Waals surface area contributed by atoms with Crippen LogP contribution < -0.4 is 0 Å². The first kappa shape index (κ1) is 12.8. The first-order valence-corrected chi connectivity index (χ1v) is 5.56. The maximum absolute atomic E-state index is 12.1. The quantitative estimate of drug-likeness (QED) is 0.531. The maximum Gasteiger partial charge on any atom is 0.300 e. The minimum Gasteiger partial charge on any atom is -0.288 e. The van der Waals surface area contributed by atoms with Crippen LogP contribution in [0.1, 0.15) is 42.1 Å². The molecule has 16 heavy (non-hydrogen) atoms. The van der Waals surface area contributed by atoms with Crippen LogP contribution in [0.15, 0.2) is 24.3 Å². The smallest absolute Gasteiger partial charge is 0.288 e. The molecule has 0 radical (unpaired) electrons. The SMILES string of the molecule is CCCCCc1ccc(C(=O)C(F)F)cc1. The molecule has 0 aromatic heterocycles. The molecule has 0 bridgehead atoms. The summed E-state index contributed by atoms with van der Waals surface area (Å²) < 4.78 is 24.2. The Kier molecular flexibility index (Phi) is 5.09. The average molecular weight is 226 g/mol. The number of carbonyl (C=O) groups is 1. The van der Waals surface area contributed by atoms with E-state index in [4.69, 9.17) is 0 Å². The van der Waals surface area contributed by atoms with E-state index in [1.54, 1.807) is 12.1 Å². The zero-order valence-electron chi connectivity index (χ0n) is 9.38. The van der Waals surface area contributed by atoms with E-state index in [1.165, 1.54) is 12.1 Å². The number of halogens is 2. The molecule has 0 saturated carbocycles. The summed E-state index contributed by atoms with van der Waals surface area (Å²) >= 11 is 0. The van der Waals surface area contributed by atoms with Crippen molar-refractivity contribution in [2.24, 2.45) is 0 Å². The van der Waals surface area contributed by atoms with Crippen LogP contribution in [0.5, 0.6) is 0 Å². The van der Waals surface area contributed by atoms with Gasteiger partial charge in [0.1, 0.15) is 0 Å². The number of aryl methyl sites for hydroxylation is 1. The molecule has 0 saturated heterocycles. The Balaban J connectivity index is 2.57. The summed E-state index contributed by atoms with van der Waals surface area (Å²) in [5, 5.41) is 0. The van der Waals surface area contributed by atoms with Crippen LogP contribution in [0.25, 0.3) is 0 Å². The third-order valence-electron chi connectivity index (χ3n) is 2.51. The molecule has 0 aliphatic heterocycles. The Labute approximate surface area is 94.5 Å². The second kappa shape index (κ2) is 6.36. The normalized spacial score (nSPS) is 10.8. The van der Waals surface area contributed by atoms with Crippen LogP contribution in [-0.4, -0.2) is 12.2 Å². The first-order valence-electron chi connectivity index (χ1n) is 5.56. The maximum atomic E-state index is 12.1. The third kappa shape index (κ3) is 3.72. The van der Waals surface area contributed by atoms with Crippen molar-refractivity contribution in [3.63, 3.8) is 0 Å². The van der Waals surface area contributed by atoms with Gasteiger partial charge in [0, 0.05) is 5.56 Å². The Bertz CT molecular complexity index is 330. The number of hydrogen-bond donors (Lipinski definition) is 0. The van der Waals surface area contributed by atoms with Crippen molar-refractivity contribution in [1.29, 1.82) is 0 Å². The molecule has 1 aromatic carbocycles. The number of rotatable bonds is 6. The van der Waals surface area contributed by atoms with Crippen molar-refractivity contribution in [1.82, 2.24) is 0 Å². The lowest BCUT2D eigenvalue weighted by atomic mass is 10.0. The second-order valence-corrected chi connectivity index (χ2v) is 3.82. The minimum atomic E-state index is -2.91. The Hall–Kier alpha value is -1.25. The average Bonchev–Trinajstić information content (AvgIpc) is 2.29. The minimum absolute atomic E-state index is 0.0919. The van der Waals surface area contributed by atoms with E-state index in [0.29, 0.717) is 0 Å². The van der Waals surface area contributed by atoms with E-state index >= 15 is 0 Å². The lowest BCUT2D eigenvalue weighted by Gasteiger charge is -2.03. The molecule has 0 N–H and O–H groups in total. The summed E-state index contributed by atoms with van der Waals surface area (Å²) in [7, 11) is 0. The molecule has 0 atom stereocenters. The van der Waals surface area contributed by atoms with Crippen molar-refractivity contribution in [2.45, 2.75) is 39.0 Å². The Morgan fingerprint density at radius 2 is 1.81 bits per heavy atom. The van der Waals surface area contributed by atoms with Gasteiger partial charge in [-0.15, -0.1) is 0 Å². The van der Waals surface area contributed by atoms with Crippen LogP contribution >= 0.6 is 0 Å². The predicted octanol–water partition coefficient (Wildman–Crippen LogP) is 3.87. The molecular weight excluding hydrogens is 210 g/mol. The lowest BCUT2D eigenvalue weighted by molar-refractivity contribution is 0.0679. The van der Waals surface area contributed by atoms with Gasteiger partial charge in [-0.2, -0.15) is 0 Å². The van der Waals surface area contributed by atoms with Gasteiger partial charge in [-0.05, 0) is 18.4 Å². The van der Waals surface area contributed by atoms with Gasteiger partial charge in [0.2, 0.25) is 5.78 Å². The van der Waals surface area contributed by atoms with Crippen molar-refractivity contribution in [3.05, 3.63) is 35.4 Å². The molecule has 0 heterocycles. The first-order chi connectivity index (χ1) is 7.65. The Morgan fingerprint density at radius 1 is 1.19 bits per heavy atom. The molecule has 1 aromatic rings. The molecule has 0 fully saturated rings. The number of alkyl halides is 2. The number of hydrogen-bond acceptors (Lipinski definition) is 1. The van der Waals surface area contributed by atoms with Gasteiger partial charge in [0.25, 0.3) is 0 Å². The highest BCUT2D eigenvalue weighted by Crippen LogP contribution is 2.11. The number of unbranched alkanes of at least 4 members (excludes halogenated alkanes) is 2. The molecule has 0 amide bonds. The van der Waals surface area contributed by atoms with Crippen LogP contribution in [0.4, 0.5) is 8.78 Å². The standard InChI is InChI=1S/C13H16F2O/c1-2-3-4-5-10-6-8-11(9-7-10)12(16)13(14)15/h6-9,13H,2-5H2,1H3. The van der Waals surface area contributed by atoms with E-state index in [2.05, 4.69) is 6.92 Å². The fourth-order valence-electron chi connectivity index (χ4n) is 1.54. The van der Waals surface area contributed by atoms with Gasteiger partial charge < -0.3 is 0 Å². The molecule has 0 spiro atoms. The fraction of sp³-hybridized carbons (Fsp3) is 0.462. The van der Waals surface area contributed by atoms with Crippen LogP contribution in [-0.2, 0) is 6.42 Å². The van der Waals surface area contributed by atoms with Crippen molar-refractivity contribution in [2.75, 3.05) is 0 Å².